The van der Waals surface area contributed by atoms with Gasteiger partial charge in [0, 0.05) is 16.9 Å². The first-order chi connectivity index (χ1) is 12.0. The van der Waals surface area contributed by atoms with E-state index in [1.54, 1.807) is 37.9 Å². The maximum absolute atomic E-state index is 12.5. The molecule has 5 heteroatoms. The van der Waals surface area contributed by atoms with Gasteiger partial charge in [-0.2, -0.15) is 0 Å². The number of cyclic esters (lactones) is 1. The Morgan fingerprint density at radius 1 is 1.08 bits per heavy atom. The highest BCUT2D eigenvalue weighted by molar-refractivity contribution is 7.98. The Balaban J connectivity index is 2.18. The molecule has 3 rings (SSSR count). The molecule has 0 aromatic heterocycles. The van der Waals surface area contributed by atoms with Gasteiger partial charge in [-0.3, -0.25) is 0 Å². The van der Waals surface area contributed by atoms with Crippen molar-refractivity contribution in [3.05, 3.63) is 59.7 Å². The number of hydrogen-bond donors (Lipinski definition) is 1. The fraction of sp³-hybridized carbons (Fsp3) is 0.250. The minimum atomic E-state index is -1.63. The summed E-state index contributed by atoms with van der Waals surface area (Å²) in [6, 6.07) is 14.9. The van der Waals surface area contributed by atoms with Crippen LogP contribution in [0.15, 0.2) is 53.4 Å². The Morgan fingerprint density at radius 2 is 1.68 bits per heavy atom. The number of aliphatic hydroxyl groups is 1. The van der Waals surface area contributed by atoms with E-state index >= 15 is 0 Å². The van der Waals surface area contributed by atoms with Crippen LogP contribution in [-0.4, -0.2) is 30.2 Å². The lowest BCUT2D eigenvalue weighted by atomic mass is 9.90. The van der Waals surface area contributed by atoms with Gasteiger partial charge in [0.1, 0.15) is 5.75 Å². The predicted molar refractivity (Wildman–Crippen MR) is 99.4 cm³/mol. The first-order valence-corrected chi connectivity index (χ1v) is 9.24. The summed E-state index contributed by atoms with van der Waals surface area (Å²) in [6.45, 7) is 1.79. The van der Waals surface area contributed by atoms with E-state index in [0.717, 1.165) is 16.0 Å². The zero-order valence-electron chi connectivity index (χ0n) is 14.4. The number of carbonyl (C=O) groups excluding carboxylic acids is 1. The molecule has 0 saturated carbocycles. The second-order valence-corrected chi connectivity index (χ2v) is 6.61. The monoisotopic (exact) mass is 356 g/mol. The molecule has 0 bridgehead atoms. The molecule has 0 spiro atoms. The van der Waals surface area contributed by atoms with E-state index in [-0.39, 0.29) is 6.42 Å². The first-order valence-electron chi connectivity index (χ1n) is 8.01. The molecule has 0 aliphatic carbocycles. The molecule has 1 heterocycles. The maximum Gasteiger partial charge on any atom is 0.342 e. The third kappa shape index (κ3) is 3.17. The lowest BCUT2D eigenvalue weighted by molar-refractivity contribution is -0.175. The zero-order valence-corrected chi connectivity index (χ0v) is 15.2. The number of carbonyl (C=O) groups is 1. The fourth-order valence-electron chi connectivity index (χ4n) is 2.95. The molecule has 4 nitrogen and oxygen atoms in total. The molecule has 1 aliphatic rings. The summed E-state index contributed by atoms with van der Waals surface area (Å²) in [7, 11) is 1.59. The largest absolute Gasteiger partial charge is 0.497 e. The third-order valence-corrected chi connectivity index (χ3v) is 5.09. The number of ether oxygens (including phenoxy) is 2. The summed E-state index contributed by atoms with van der Waals surface area (Å²) >= 11 is 1.63. The Labute approximate surface area is 151 Å². The summed E-state index contributed by atoms with van der Waals surface area (Å²) in [6.07, 6.45) is 2.27. The lowest BCUT2D eigenvalue weighted by Gasteiger charge is -2.23. The van der Waals surface area contributed by atoms with Gasteiger partial charge in [-0.25, -0.2) is 4.79 Å². The summed E-state index contributed by atoms with van der Waals surface area (Å²) in [4.78, 5) is 13.6. The topological polar surface area (TPSA) is 55.8 Å². The molecule has 2 aromatic carbocycles. The Bertz CT molecular complexity index is 809. The van der Waals surface area contributed by atoms with Crippen LogP contribution in [0.2, 0.25) is 0 Å². The van der Waals surface area contributed by atoms with Crippen LogP contribution in [0.25, 0.3) is 11.1 Å². The maximum atomic E-state index is 12.5. The normalized spacial score (nSPS) is 19.9. The van der Waals surface area contributed by atoms with Gasteiger partial charge < -0.3 is 14.6 Å². The lowest BCUT2D eigenvalue weighted by Crippen LogP contribution is -2.29. The first kappa shape index (κ1) is 17.6. The minimum Gasteiger partial charge on any atom is -0.497 e. The van der Waals surface area contributed by atoms with Crippen LogP contribution >= 0.6 is 11.8 Å². The summed E-state index contributed by atoms with van der Waals surface area (Å²) in [5.41, 5.74) is 2.37. The van der Waals surface area contributed by atoms with Crippen molar-refractivity contribution in [2.24, 2.45) is 0 Å². The standard InChI is InChI=1S/C20H20O4S/c1-4-20(22)18(14-5-9-15(23-2)10-6-14)17(19(21)24-20)13-7-11-16(25-3)12-8-13/h5-12,22H,4H2,1-3H3. The number of methoxy groups -OCH3 is 1. The van der Waals surface area contributed by atoms with Crippen molar-refractivity contribution < 1.29 is 19.4 Å². The third-order valence-electron chi connectivity index (χ3n) is 4.34. The van der Waals surface area contributed by atoms with E-state index < -0.39 is 11.8 Å². The number of benzene rings is 2. The van der Waals surface area contributed by atoms with E-state index in [9.17, 15) is 9.90 Å². The van der Waals surface area contributed by atoms with Gasteiger partial charge in [0.25, 0.3) is 0 Å². The second kappa shape index (κ2) is 6.94. The van der Waals surface area contributed by atoms with E-state index in [4.69, 9.17) is 9.47 Å². The summed E-state index contributed by atoms with van der Waals surface area (Å²) in [5, 5.41) is 10.9. The molecule has 130 valence electrons. The highest BCUT2D eigenvalue weighted by Gasteiger charge is 2.46. The van der Waals surface area contributed by atoms with E-state index in [0.29, 0.717) is 16.9 Å². The molecular weight excluding hydrogens is 336 g/mol. The minimum absolute atomic E-state index is 0.270. The van der Waals surface area contributed by atoms with Gasteiger partial charge >= 0.3 is 5.97 Å². The van der Waals surface area contributed by atoms with Gasteiger partial charge in [0.05, 0.1) is 12.7 Å². The smallest absolute Gasteiger partial charge is 0.342 e. The van der Waals surface area contributed by atoms with Gasteiger partial charge in [0.2, 0.25) is 5.79 Å². The highest BCUT2D eigenvalue weighted by atomic mass is 32.2. The summed E-state index contributed by atoms with van der Waals surface area (Å²) < 4.78 is 10.5. The average molecular weight is 356 g/mol. The molecule has 0 saturated heterocycles. The van der Waals surface area contributed by atoms with E-state index in [2.05, 4.69) is 0 Å². The van der Waals surface area contributed by atoms with E-state index in [1.807, 2.05) is 42.7 Å². The molecule has 25 heavy (non-hydrogen) atoms. The van der Waals surface area contributed by atoms with Gasteiger partial charge in [-0.1, -0.05) is 31.2 Å². The van der Waals surface area contributed by atoms with Crippen molar-refractivity contribution in [1.29, 1.82) is 0 Å². The molecule has 1 atom stereocenters. The number of thioether (sulfide) groups is 1. The summed E-state index contributed by atoms with van der Waals surface area (Å²) in [5.74, 6) is -1.42. The van der Waals surface area contributed by atoms with Crippen LogP contribution in [-0.2, 0) is 9.53 Å². The van der Waals surface area contributed by atoms with Gasteiger partial charge in [-0.15, -0.1) is 11.8 Å². The predicted octanol–water partition coefficient (Wildman–Crippen LogP) is 3.98. The second-order valence-electron chi connectivity index (χ2n) is 5.73. The van der Waals surface area contributed by atoms with Crippen LogP contribution in [0.4, 0.5) is 0 Å². The van der Waals surface area contributed by atoms with Crippen LogP contribution in [0.3, 0.4) is 0 Å². The Hall–Kier alpha value is -2.24. The van der Waals surface area contributed by atoms with Crippen molar-refractivity contribution >= 4 is 28.9 Å². The molecule has 1 unspecified atom stereocenters. The SMILES string of the molecule is CCC1(O)OC(=O)C(c2ccc(SC)cc2)=C1c1ccc(OC)cc1. The fourth-order valence-corrected chi connectivity index (χ4v) is 3.36. The van der Waals surface area contributed by atoms with Crippen molar-refractivity contribution in [2.75, 3.05) is 13.4 Å². The molecule has 0 radical (unpaired) electrons. The molecule has 1 aliphatic heterocycles. The van der Waals surface area contributed by atoms with Crippen LogP contribution in [0.5, 0.6) is 5.75 Å². The Kier molecular flexibility index (Phi) is 4.88. The van der Waals surface area contributed by atoms with Crippen molar-refractivity contribution in [3.8, 4) is 5.75 Å². The molecule has 0 fully saturated rings. The van der Waals surface area contributed by atoms with Crippen LogP contribution in [0, 0.1) is 0 Å². The molecule has 1 N–H and O–H groups in total. The van der Waals surface area contributed by atoms with Crippen LogP contribution in [0.1, 0.15) is 24.5 Å². The van der Waals surface area contributed by atoms with Crippen LogP contribution < -0.4 is 4.74 Å². The molecular formula is C20H20O4S. The number of rotatable bonds is 5. The number of hydrogen-bond acceptors (Lipinski definition) is 5. The number of esters is 1. The van der Waals surface area contributed by atoms with Crippen molar-refractivity contribution in [1.82, 2.24) is 0 Å². The van der Waals surface area contributed by atoms with Gasteiger partial charge in [-0.05, 0) is 41.6 Å². The molecule has 0 amide bonds. The van der Waals surface area contributed by atoms with Crippen molar-refractivity contribution in [3.63, 3.8) is 0 Å². The van der Waals surface area contributed by atoms with E-state index in [1.165, 1.54) is 0 Å². The van der Waals surface area contributed by atoms with Crippen molar-refractivity contribution in [2.45, 2.75) is 24.0 Å². The Morgan fingerprint density at radius 3 is 2.20 bits per heavy atom. The van der Waals surface area contributed by atoms with Gasteiger partial charge in [0.15, 0.2) is 0 Å². The zero-order chi connectivity index (χ0) is 18.0. The average Bonchev–Trinajstić information content (AvgIpc) is 2.93. The highest BCUT2D eigenvalue weighted by Crippen LogP contribution is 2.44. The molecule has 2 aromatic rings. The quantitative estimate of drug-likeness (QED) is 0.649.